The van der Waals surface area contributed by atoms with Crippen LogP contribution in [-0.2, 0) is 4.74 Å². The van der Waals surface area contributed by atoms with E-state index in [2.05, 4.69) is 36.5 Å². The van der Waals surface area contributed by atoms with Crippen LogP contribution in [-0.4, -0.2) is 23.0 Å². The van der Waals surface area contributed by atoms with Crippen molar-refractivity contribution in [2.45, 2.75) is 62.3 Å². The van der Waals surface area contributed by atoms with Crippen LogP contribution in [0.5, 0.6) is 0 Å². The Morgan fingerprint density at radius 2 is 2.05 bits per heavy atom. The van der Waals surface area contributed by atoms with Crippen molar-refractivity contribution in [2.75, 3.05) is 0 Å². The predicted molar refractivity (Wildman–Crippen MR) is 83.2 cm³/mol. The van der Waals surface area contributed by atoms with Crippen molar-refractivity contribution < 1.29 is 9.53 Å². The Morgan fingerprint density at radius 1 is 1.35 bits per heavy atom. The standard InChI is InChI=1S/C16H23NO2S/c1-11-6-5-7-13(8-11)20-14-9-12(10-14)17-15(18)19-16(2,3)4/h5-8,12,14H,9-10H2,1-4H3,(H,17,18). The van der Waals surface area contributed by atoms with Crippen LogP contribution in [0.4, 0.5) is 4.79 Å². The van der Waals surface area contributed by atoms with Gasteiger partial charge >= 0.3 is 6.09 Å². The molecule has 1 aliphatic carbocycles. The van der Waals surface area contributed by atoms with E-state index in [-0.39, 0.29) is 12.1 Å². The average molecular weight is 293 g/mol. The third kappa shape index (κ3) is 4.75. The van der Waals surface area contributed by atoms with Crippen molar-refractivity contribution in [1.82, 2.24) is 5.32 Å². The molecule has 0 unspecified atom stereocenters. The molecule has 0 atom stereocenters. The molecule has 1 fully saturated rings. The molecular formula is C16H23NO2S. The Morgan fingerprint density at radius 3 is 2.65 bits per heavy atom. The summed E-state index contributed by atoms with van der Waals surface area (Å²) in [5.74, 6) is 0. The summed E-state index contributed by atoms with van der Waals surface area (Å²) in [7, 11) is 0. The van der Waals surface area contributed by atoms with Crippen molar-refractivity contribution in [1.29, 1.82) is 0 Å². The fourth-order valence-electron chi connectivity index (χ4n) is 2.14. The first-order chi connectivity index (χ1) is 9.32. The van der Waals surface area contributed by atoms with Gasteiger partial charge in [0, 0.05) is 16.2 Å². The molecule has 0 aromatic heterocycles. The zero-order chi connectivity index (χ0) is 14.8. The Bertz CT molecular complexity index is 476. The molecule has 1 aromatic rings. The van der Waals surface area contributed by atoms with Crippen LogP contribution in [0.1, 0.15) is 39.2 Å². The van der Waals surface area contributed by atoms with E-state index < -0.39 is 5.60 Å². The Balaban J connectivity index is 1.71. The summed E-state index contributed by atoms with van der Waals surface area (Å²) < 4.78 is 5.26. The van der Waals surface area contributed by atoms with E-state index in [0.717, 1.165) is 12.8 Å². The first kappa shape index (κ1) is 15.2. The maximum absolute atomic E-state index is 11.6. The number of hydrogen-bond donors (Lipinski definition) is 1. The second kappa shape index (κ2) is 6.08. The molecule has 0 spiro atoms. The molecule has 1 aromatic carbocycles. The van der Waals surface area contributed by atoms with Crippen LogP contribution in [0.2, 0.25) is 0 Å². The fraction of sp³-hybridized carbons (Fsp3) is 0.562. The number of hydrogen-bond acceptors (Lipinski definition) is 3. The lowest BCUT2D eigenvalue weighted by atomic mass is 9.92. The number of carbonyl (C=O) groups is 1. The van der Waals surface area contributed by atoms with Gasteiger partial charge in [0.25, 0.3) is 0 Å². The zero-order valence-electron chi connectivity index (χ0n) is 12.6. The van der Waals surface area contributed by atoms with E-state index in [9.17, 15) is 4.79 Å². The summed E-state index contributed by atoms with van der Waals surface area (Å²) >= 11 is 1.90. The third-order valence-corrected chi connectivity index (χ3v) is 4.35. The monoisotopic (exact) mass is 293 g/mol. The van der Waals surface area contributed by atoms with Crippen molar-refractivity contribution in [3.05, 3.63) is 29.8 Å². The number of carbonyl (C=O) groups excluding carboxylic acids is 1. The van der Waals surface area contributed by atoms with E-state index in [0.29, 0.717) is 5.25 Å². The molecule has 0 bridgehead atoms. The van der Waals surface area contributed by atoms with Crippen molar-refractivity contribution in [3.63, 3.8) is 0 Å². The maximum Gasteiger partial charge on any atom is 0.407 e. The van der Waals surface area contributed by atoms with Crippen LogP contribution >= 0.6 is 11.8 Å². The van der Waals surface area contributed by atoms with Crippen LogP contribution in [0.25, 0.3) is 0 Å². The highest BCUT2D eigenvalue weighted by Crippen LogP contribution is 2.37. The van der Waals surface area contributed by atoms with Gasteiger partial charge in [-0.25, -0.2) is 4.79 Å². The SMILES string of the molecule is Cc1cccc(SC2CC(NC(=O)OC(C)(C)C)C2)c1. The van der Waals surface area contributed by atoms with Gasteiger partial charge < -0.3 is 10.1 Å². The van der Waals surface area contributed by atoms with Crippen molar-refractivity contribution >= 4 is 17.9 Å². The molecule has 1 saturated carbocycles. The summed E-state index contributed by atoms with van der Waals surface area (Å²) in [6, 6.07) is 8.81. The van der Waals surface area contributed by atoms with Gasteiger partial charge in [0.05, 0.1) is 0 Å². The van der Waals surface area contributed by atoms with Crippen molar-refractivity contribution in [2.24, 2.45) is 0 Å². The normalized spacial score (nSPS) is 22.0. The number of alkyl carbamates (subject to hydrolysis) is 1. The average Bonchev–Trinajstić information content (AvgIpc) is 2.23. The van der Waals surface area contributed by atoms with E-state index in [4.69, 9.17) is 4.74 Å². The number of nitrogens with one attached hydrogen (secondary N) is 1. The highest BCUT2D eigenvalue weighted by Gasteiger charge is 2.32. The molecule has 20 heavy (non-hydrogen) atoms. The van der Waals surface area contributed by atoms with Crippen LogP contribution in [0.15, 0.2) is 29.2 Å². The van der Waals surface area contributed by atoms with Crippen LogP contribution in [0, 0.1) is 6.92 Å². The second-order valence-corrected chi connectivity index (χ2v) is 7.74. The van der Waals surface area contributed by atoms with Gasteiger partial charge in [0.15, 0.2) is 0 Å². The van der Waals surface area contributed by atoms with E-state index in [1.807, 2.05) is 32.5 Å². The number of amides is 1. The number of aryl methyl sites for hydroxylation is 1. The van der Waals surface area contributed by atoms with E-state index in [1.54, 1.807) is 0 Å². The highest BCUT2D eigenvalue weighted by atomic mass is 32.2. The topological polar surface area (TPSA) is 38.3 Å². The summed E-state index contributed by atoms with van der Waals surface area (Å²) in [5, 5.41) is 3.52. The van der Waals surface area contributed by atoms with Gasteiger partial charge in [-0.2, -0.15) is 0 Å². The Hall–Kier alpha value is -1.16. The second-order valence-electron chi connectivity index (χ2n) is 6.37. The summed E-state index contributed by atoms with van der Waals surface area (Å²) in [5.41, 5.74) is 0.863. The van der Waals surface area contributed by atoms with Crippen LogP contribution < -0.4 is 5.32 Å². The minimum absolute atomic E-state index is 0.257. The number of ether oxygens (including phenoxy) is 1. The molecule has 2 rings (SSSR count). The number of rotatable bonds is 3. The third-order valence-electron chi connectivity index (χ3n) is 3.11. The lowest BCUT2D eigenvalue weighted by molar-refractivity contribution is 0.0482. The Kier molecular flexibility index (Phi) is 4.63. The molecule has 1 N–H and O–H groups in total. The predicted octanol–water partition coefficient (Wildman–Crippen LogP) is 4.14. The fourth-order valence-corrected chi connectivity index (χ4v) is 3.59. The zero-order valence-corrected chi connectivity index (χ0v) is 13.4. The van der Waals surface area contributed by atoms with Crippen LogP contribution in [0.3, 0.4) is 0 Å². The van der Waals surface area contributed by atoms with Gasteiger partial charge in [-0.15, -0.1) is 11.8 Å². The molecule has 0 radical (unpaired) electrons. The van der Waals surface area contributed by atoms with Gasteiger partial charge in [-0.3, -0.25) is 0 Å². The number of benzene rings is 1. The van der Waals surface area contributed by atoms with E-state index in [1.165, 1.54) is 10.5 Å². The smallest absolute Gasteiger partial charge is 0.407 e. The Labute approximate surface area is 125 Å². The molecule has 4 heteroatoms. The lowest BCUT2D eigenvalue weighted by Gasteiger charge is -2.35. The van der Waals surface area contributed by atoms with Gasteiger partial charge in [0.1, 0.15) is 5.60 Å². The molecule has 0 saturated heterocycles. The maximum atomic E-state index is 11.6. The first-order valence-electron chi connectivity index (χ1n) is 7.05. The molecule has 3 nitrogen and oxygen atoms in total. The quantitative estimate of drug-likeness (QED) is 0.910. The van der Waals surface area contributed by atoms with Gasteiger partial charge in [-0.05, 0) is 52.7 Å². The lowest BCUT2D eigenvalue weighted by Crippen LogP contribution is -2.47. The minimum Gasteiger partial charge on any atom is -0.444 e. The van der Waals surface area contributed by atoms with Gasteiger partial charge in [0.2, 0.25) is 0 Å². The minimum atomic E-state index is -0.427. The number of thioether (sulfide) groups is 1. The molecule has 0 aliphatic heterocycles. The summed E-state index contributed by atoms with van der Waals surface area (Å²) in [6.45, 7) is 7.74. The molecule has 110 valence electrons. The highest BCUT2D eigenvalue weighted by molar-refractivity contribution is 8.00. The van der Waals surface area contributed by atoms with Gasteiger partial charge in [-0.1, -0.05) is 17.7 Å². The molecule has 1 aliphatic rings. The summed E-state index contributed by atoms with van der Waals surface area (Å²) in [4.78, 5) is 12.9. The first-order valence-corrected chi connectivity index (χ1v) is 7.92. The van der Waals surface area contributed by atoms with Crippen molar-refractivity contribution in [3.8, 4) is 0 Å². The summed E-state index contributed by atoms with van der Waals surface area (Å²) in [6.07, 6.45) is 1.72. The molecule has 1 amide bonds. The largest absolute Gasteiger partial charge is 0.444 e. The molecular weight excluding hydrogens is 270 g/mol. The molecule has 0 heterocycles. The van der Waals surface area contributed by atoms with E-state index >= 15 is 0 Å².